The molecule has 0 aliphatic carbocycles. The highest BCUT2D eigenvalue weighted by Gasteiger charge is 2.32. The molecule has 0 amide bonds. The average molecular weight is 401 g/mol. The smallest absolute Gasteiger partial charge is 0.417 e. The van der Waals surface area contributed by atoms with Crippen molar-refractivity contribution in [2.45, 2.75) is 23.5 Å². The maximum atomic E-state index is 12.6. The van der Waals surface area contributed by atoms with Crippen LogP contribution in [0.15, 0.2) is 47.5 Å². The van der Waals surface area contributed by atoms with Crippen LogP contribution in [0.1, 0.15) is 12.0 Å². The minimum atomic E-state index is -4.44. The fraction of sp³-hybridized carbons (Fsp3) is 0.353. The molecule has 0 radical (unpaired) electrons. The first-order valence-electron chi connectivity index (χ1n) is 8.13. The summed E-state index contributed by atoms with van der Waals surface area (Å²) in [5.74, 6) is 0.811. The molecular weight excluding hydrogens is 383 g/mol. The van der Waals surface area contributed by atoms with Crippen LogP contribution in [-0.4, -0.2) is 39.6 Å². The Labute approximate surface area is 155 Å². The molecule has 1 aromatic carbocycles. The molecule has 1 atom stereocenters. The molecule has 146 valence electrons. The first-order chi connectivity index (χ1) is 12.7. The van der Waals surface area contributed by atoms with Crippen LogP contribution in [0.25, 0.3) is 0 Å². The summed E-state index contributed by atoms with van der Waals surface area (Å²) in [6.07, 6.45) is -3.14. The molecule has 1 aliphatic heterocycles. The summed E-state index contributed by atoms with van der Waals surface area (Å²) in [6, 6.07) is 8.01. The number of alkyl halides is 3. The summed E-state index contributed by atoms with van der Waals surface area (Å²) in [5, 5.41) is 0. The maximum absolute atomic E-state index is 12.6. The fourth-order valence-electron chi connectivity index (χ4n) is 2.86. The van der Waals surface area contributed by atoms with Crippen molar-refractivity contribution in [2.75, 3.05) is 25.1 Å². The SMILES string of the molecule is COc1cccc(S(=O)(=O)NC2CCN(c3ccc(C(F)(F)F)cn3)C2)c1. The Hall–Kier alpha value is -2.33. The molecule has 10 heteroatoms. The molecule has 1 aromatic heterocycles. The van der Waals surface area contributed by atoms with Crippen LogP contribution in [0.5, 0.6) is 5.75 Å². The van der Waals surface area contributed by atoms with E-state index in [1.54, 1.807) is 17.0 Å². The van der Waals surface area contributed by atoms with Crippen molar-refractivity contribution >= 4 is 15.8 Å². The van der Waals surface area contributed by atoms with Crippen molar-refractivity contribution in [1.29, 1.82) is 0 Å². The number of rotatable bonds is 5. The third kappa shape index (κ3) is 4.51. The molecule has 3 rings (SSSR count). The standard InChI is InChI=1S/C17H18F3N3O3S/c1-26-14-3-2-4-15(9-14)27(24,25)22-13-7-8-23(11-13)16-6-5-12(10-21-16)17(18,19)20/h2-6,9-10,13,22H,7-8,11H2,1H3. The summed E-state index contributed by atoms with van der Waals surface area (Å²) < 4.78 is 70.6. The lowest BCUT2D eigenvalue weighted by Gasteiger charge is -2.18. The minimum Gasteiger partial charge on any atom is -0.497 e. The highest BCUT2D eigenvalue weighted by molar-refractivity contribution is 7.89. The van der Waals surface area contributed by atoms with Gasteiger partial charge < -0.3 is 9.64 Å². The molecule has 1 fully saturated rings. The van der Waals surface area contributed by atoms with Crippen molar-refractivity contribution in [1.82, 2.24) is 9.71 Å². The molecule has 0 saturated carbocycles. The Balaban J connectivity index is 1.67. The largest absolute Gasteiger partial charge is 0.497 e. The summed E-state index contributed by atoms with van der Waals surface area (Å²) in [5.41, 5.74) is -0.819. The van der Waals surface area contributed by atoms with Gasteiger partial charge in [-0.15, -0.1) is 0 Å². The van der Waals surface area contributed by atoms with Gasteiger partial charge in [0.05, 0.1) is 17.6 Å². The molecular formula is C17H18F3N3O3S. The van der Waals surface area contributed by atoms with E-state index in [9.17, 15) is 21.6 Å². The lowest BCUT2D eigenvalue weighted by molar-refractivity contribution is -0.137. The first-order valence-corrected chi connectivity index (χ1v) is 9.62. The predicted octanol–water partition coefficient (Wildman–Crippen LogP) is 2.67. The van der Waals surface area contributed by atoms with E-state index in [2.05, 4.69) is 9.71 Å². The predicted molar refractivity (Wildman–Crippen MR) is 93.2 cm³/mol. The molecule has 27 heavy (non-hydrogen) atoms. The number of nitrogens with one attached hydrogen (secondary N) is 1. The summed E-state index contributed by atoms with van der Waals surface area (Å²) in [7, 11) is -2.28. The molecule has 2 aromatic rings. The van der Waals surface area contributed by atoms with Gasteiger partial charge in [-0.1, -0.05) is 6.07 Å². The maximum Gasteiger partial charge on any atom is 0.417 e. The second-order valence-electron chi connectivity index (χ2n) is 6.13. The Morgan fingerprint density at radius 1 is 1.26 bits per heavy atom. The zero-order valence-electron chi connectivity index (χ0n) is 14.4. The van der Waals surface area contributed by atoms with Crippen molar-refractivity contribution in [2.24, 2.45) is 0 Å². The molecule has 1 aliphatic rings. The first kappa shape index (κ1) is 19.4. The van der Waals surface area contributed by atoms with Gasteiger partial charge in [0.15, 0.2) is 0 Å². The van der Waals surface area contributed by atoms with Gasteiger partial charge in [-0.05, 0) is 30.7 Å². The molecule has 0 spiro atoms. The molecule has 1 unspecified atom stereocenters. The average Bonchev–Trinajstić information content (AvgIpc) is 3.09. The summed E-state index contributed by atoms with van der Waals surface area (Å²) in [4.78, 5) is 5.69. The number of halogens is 3. The Kier molecular flexibility index (Phi) is 5.29. The van der Waals surface area contributed by atoms with E-state index >= 15 is 0 Å². The second kappa shape index (κ2) is 7.35. The highest BCUT2D eigenvalue weighted by Crippen LogP contribution is 2.30. The van der Waals surface area contributed by atoms with E-state index in [4.69, 9.17) is 4.74 Å². The quantitative estimate of drug-likeness (QED) is 0.834. The van der Waals surface area contributed by atoms with Crippen molar-refractivity contribution < 1.29 is 26.3 Å². The number of hydrogen-bond donors (Lipinski definition) is 1. The Morgan fingerprint density at radius 3 is 2.67 bits per heavy atom. The van der Waals surface area contributed by atoms with Crippen LogP contribution in [0.3, 0.4) is 0 Å². The Bertz CT molecular complexity index is 902. The topological polar surface area (TPSA) is 71.5 Å². The molecule has 1 N–H and O–H groups in total. The molecule has 2 heterocycles. The number of aromatic nitrogens is 1. The van der Waals surface area contributed by atoms with Crippen LogP contribution >= 0.6 is 0 Å². The molecule has 0 bridgehead atoms. The van der Waals surface area contributed by atoms with E-state index in [1.807, 2.05) is 0 Å². The van der Waals surface area contributed by atoms with Crippen LogP contribution < -0.4 is 14.4 Å². The van der Waals surface area contributed by atoms with E-state index in [0.717, 1.165) is 12.3 Å². The number of nitrogens with zero attached hydrogens (tertiary/aromatic N) is 2. The van der Waals surface area contributed by atoms with Crippen LogP contribution in [-0.2, 0) is 16.2 Å². The van der Waals surface area contributed by atoms with E-state index in [1.165, 1.54) is 25.3 Å². The number of methoxy groups -OCH3 is 1. The van der Waals surface area contributed by atoms with Crippen molar-refractivity contribution in [3.8, 4) is 5.75 Å². The number of sulfonamides is 1. The minimum absolute atomic E-state index is 0.0907. The van der Waals surface area contributed by atoms with Gasteiger partial charge in [0, 0.05) is 31.4 Å². The van der Waals surface area contributed by atoms with Gasteiger partial charge in [-0.2, -0.15) is 13.2 Å². The monoisotopic (exact) mass is 401 g/mol. The third-order valence-electron chi connectivity index (χ3n) is 4.26. The van der Waals surface area contributed by atoms with Crippen molar-refractivity contribution in [3.05, 3.63) is 48.2 Å². The number of hydrogen-bond acceptors (Lipinski definition) is 5. The van der Waals surface area contributed by atoms with Gasteiger partial charge >= 0.3 is 6.18 Å². The van der Waals surface area contributed by atoms with Gasteiger partial charge in [-0.3, -0.25) is 0 Å². The van der Waals surface area contributed by atoms with E-state index < -0.39 is 21.8 Å². The summed E-state index contributed by atoms with van der Waals surface area (Å²) in [6.45, 7) is 0.811. The summed E-state index contributed by atoms with van der Waals surface area (Å²) >= 11 is 0. The zero-order valence-corrected chi connectivity index (χ0v) is 15.2. The van der Waals surface area contributed by atoms with E-state index in [0.29, 0.717) is 31.1 Å². The Morgan fingerprint density at radius 2 is 2.04 bits per heavy atom. The highest BCUT2D eigenvalue weighted by atomic mass is 32.2. The number of anilines is 1. The van der Waals surface area contributed by atoms with Gasteiger partial charge in [0.2, 0.25) is 10.0 Å². The lowest BCUT2D eigenvalue weighted by Crippen LogP contribution is -2.37. The second-order valence-corrected chi connectivity index (χ2v) is 7.85. The fourth-order valence-corrected chi connectivity index (χ4v) is 4.16. The van der Waals surface area contributed by atoms with Crippen LogP contribution in [0.4, 0.5) is 19.0 Å². The van der Waals surface area contributed by atoms with Crippen LogP contribution in [0, 0.1) is 0 Å². The van der Waals surface area contributed by atoms with Gasteiger partial charge in [-0.25, -0.2) is 18.1 Å². The van der Waals surface area contributed by atoms with Crippen molar-refractivity contribution in [3.63, 3.8) is 0 Å². The third-order valence-corrected chi connectivity index (χ3v) is 5.78. The van der Waals surface area contributed by atoms with Gasteiger partial charge in [0.1, 0.15) is 11.6 Å². The number of ether oxygens (including phenoxy) is 1. The number of pyridine rings is 1. The van der Waals surface area contributed by atoms with Gasteiger partial charge in [0.25, 0.3) is 0 Å². The normalized spacial score (nSPS) is 17.9. The van der Waals surface area contributed by atoms with Crippen LogP contribution in [0.2, 0.25) is 0 Å². The zero-order chi connectivity index (χ0) is 19.7. The van der Waals surface area contributed by atoms with E-state index in [-0.39, 0.29) is 10.9 Å². The molecule has 1 saturated heterocycles. The number of benzene rings is 1. The lowest BCUT2D eigenvalue weighted by atomic mass is 10.3. The molecule has 6 nitrogen and oxygen atoms in total.